The molecule has 1 aromatic heterocycles. The van der Waals surface area contributed by atoms with Crippen LogP contribution in [0.1, 0.15) is 13.3 Å². The van der Waals surface area contributed by atoms with E-state index >= 15 is 0 Å². The Morgan fingerprint density at radius 3 is 2.72 bits per heavy atom. The zero-order valence-electron chi connectivity index (χ0n) is 9.15. The molecule has 0 aliphatic heterocycles. The number of carbonyl (C=O) groups excluding carboxylic acids is 1. The highest BCUT2D eigenvalue weighted by atomic mass is 35.6. The van der Waals surface area contributed by atoms with Gasteiger partial charge in [-0.05, 0) is 23.9 Å². The molecule has 7 nitrogen and oxygen atoms in total. The monoisotopic (exact) mass is 330 g/mol. The molecule has 0 aliphatic carbocycles. The van der Waals surface area contributed by atoms with Crippen LogP contribution in [0.4, 0.5) is 5.95 Å². The van der Waals surface area contributed by atoms with Crippen molar-refractivity contribution in [1.82, 2.24) is 25.5 Å². The average molecular weight is 332 g/mol. The summed E-state index contributed by atoms with van der Waals surface area (Å²) < 4.78 is -2.08. The number of anilines is 1. The second-order valence-electron chi connectivity index (χ2n) is 3.11. The van der Waals surface area contributed by atoms with Crippen LogP contribution in [0, 0.1) is 0 Å². The standard InChI is InChI=1S/C7H9Cl3N6OS/c1-2-3-16-14-5(13-15-16)12-6(18)11-4(17)7(8,9)10/h2-3H2,1H3,(H2,11,12,14,17,18). The maximum atomic E-state index is 11.3. The van der Waals surface area contributed by atoms with Crippen molar-refractivity contribution in [2.45, 2.75) is 23.7 Å². The normalized spacial score (nSPS) is 11.1. The van der Waals surface area contributed by atoms with Crippen molar-refractivity contribution in [3.8, 4) is 0 Å². The number of nitrogens with one attached hydrogen (secondary N) is 2. The molecule has 0 unspecified atom stereocenters. The van der Waals surface area contributed by atoms with Crippen molar-refractivity contribution >= 4 is 64.0 Å². The van der Waals surface area contributed by atoms with Gasteiger partial charge in [0, 0.05) is 0 Å². The van der Waals surface area contributed by atoms with Gasteiger partial charge in [-0.15, -0.1) is 5.10 Å². The van der Waals surface area contributed by atoms with E-state index < -0.39 is 9.70 Å². The summed E-state index contributed by atoms with van der Waals surface area (Å²) in [5.74, 6) is -0.719. The number of rotatable bonds is 3. The van der Waals surface area contributed by atoms with Crippen LogP contribution in [0.25, 0.3) is 0 Å². The smallest absolute Gasteiger partial charge is 0.278 e. The maximum Gasteiger partial charge on any atom is 0.278 e. The topological polar surface area (TPSA) is 84.7 Å². The Kier molecular flexibility index (Phi) is 5.51. The number of hydrogen-bond donors (Lipinski definition) is 2. The van der Waals surface area contributed by atoms with Crippen molar-refractivity contribution in [2.75, 3.05) is 5.32 Å². The first-order valence-electron chi connectivity index (χ1n) is 4.80. The van der Waals surface area contributed by atoms with Crippen molar-refractivity contribution in [2.24, 2.45) is 0 Å². The number of tetrazole rings is 1. The average Bonchev–Trinajstić information content (AvgIpc) is 2.64. The predicted molar refractivity (Wildman–Crippen MR) is 72.8 cm³/mol. The van der Waals surface area contributed by atoms with Crippen molar-refractivity contribution in [3.05, 3.63) is 0 Å². The van der Waals surface area contributed by atoms with Crippen molar-refractivity contribution < 1.29 is 4.79 Å². The van der Waals surface area contributed by atoms with Crippen LogP contribution in [0.3, 0.4) is 0 Å². The molecule has 100 valence electrons. The van der Waals surface area contributed by atoms with Crippen LogP contribution in [0.2, 0.25) is 0 Å². The van der Waals surface area contributed by atoms with Crippen LogP contribution in [-0.4, -0.2) is 35.0 Å². The SMILES string of the molecule is CCCn1nnc(NC(=S)NC(=O)C(Cl)(Cl)Cl)n1. The van der Waals surface area contributed by atoms with Gasteiger partial charge < -0.3 is 0 Å². The molecular formula is C7H9Cl3N6OS. The number of thiocarbonyl (C=S) groups is 1. The minimum atomic E-state index is -2.08. The zero-order chi connectivity index (χ0) is 13.8. The fourth-order valence-corrected chi connectivity index (χ4v) is 1.22. The van der Waals surface area contributed by atoms with Gasteiger partial charge in [0.2, 0.25) is 0 Å². The molecule has 18 heavy (non-hydrogen) atoms. The lowest BCUT2D eigenvalue weighted by Gasteiger charge is -2.11. The second-order valence-corrected chi connectivity index (χ2v) is 5.80. The number of nitrogens with zero attached hydrogens (tertiary/aromatic N) is 4. The number of alkyl halides is 3. The minimum absolute atomic E-state index is 0.0811. The van der Waals surface area contributed by atoms with Gasteiger partial charge >= 0.3 is 0 Å². The number of carbonyl (C=O) groups is 1. The summed E-state index contributed by atoms with van der Waals surface area (Å²) in [6, 6.07) is 0. The number of aromatic nitrogens is 4. The molecule has 0 bridgehead atoms. The van der Waals surface area contributed by atoms with Crippen LogP contribution in [0.5, 0.6) is 0 Å². The largest absolute Gasteiger partial charge is 0.299 e. The van der Waals surface area contributed by atoms with E-state index in [4.69, 9.17) is 47.0 Å². The van der Waals surface area contributed by atoms with Gasteiger partial charge in [0.15, 0.2) is 5.11 Å². The lowest BCUT2D eigenvalue weighted by molar-refractivity contribution is -0.118. The minimum Gasteiger partial charge on any atom is -0.299 e. The van der Waals surface area contributed by atoms with Gasteiger partial charge in [-0.1, -0.05) is 46.8 Å². The van der Waals surface area contributed by atoms with Crippen LogP contribution in [0.15, 0.2) is 0 Å². The second kappa shape index (κ2) is 6.46. The lowest BCUT2D eigenvalue weighted by Crippen LogP contribution is -2.41. The lowest BCUT2D eigenvalue weighted by atomic mass is 10.5. The fraction of sp³-hybridized carbons (Fsp3) is 0.571. The molecule has 1 amide bonds. The Hall–Kier alpha value is -0.700. The Morgan fingerprint density at radius 2 is 2.17 bits per heavy atom. The summed E-state index contributed by atoms with van der Waals surface area (Å²) in [5, 5.41) is 16.0. The summed E-state index contributed by atoms with van der Waals surface area (Å²) in [5.41, 5.74) is 0. The molecule has 0 aromatic carbocycles. The van der Waals surface area contributed by atoms with Gasteiger partial charge in [0.25, 0.3) is 15.6 Å². The van der Waals surface area contributed by atoms with Gasteiger partial charge in [0.1, 0.15) is 0 Å². The molecule has 1 rings (SSSR count). The summed E-state index contributed by atoms with van der Waals surface area (Å²) in [6.07, 6.45) is 0.865. The van der Waals surface area contributed by atoms with Gasteiger partial charge in [-0.2, -0.15) is 4.80 Å². The van der Waals surface area contributed by atoms with E-state index in [1.165, 1.54) is 4.80 Å². The van der Waals surface area contributed by atoms with Crippen LogP contribution >= 0.6 is 47.0 Å². The first-order chi connectivity index (χ1) is 8.32. The maximum absolute atomic E-state index is 11.3. The third-order valence-electron chi connectivity index (χ3n) is 1.59. The molecule has 2 N–H and O–H groups in total. The third-order valence-corrected chi connectivity index (χ3v) is 2.31. The van der Waals surface area contributed by atoms with Crippen molar-refractivity contribution in [1.29, 1.82) is 0 Å². The number of amides is 1. The molecular weight excluding hydrogens is 323 g/mol. The predicted octanol–water partition coefficient (Wildman–Crippen LogP) is 1.27. The Labute approximate surface area is 123 Å². The first kappa shape index (κ1) is 15.4. The molecule has 0 spiro atoms. The van der Waals surface area contributed by atoms with E-state index in [9.17, 15) is 4.79 Å². The summed E-state index contributed by atoms with van der Waals surface area (Å²) in [4.78, 5) is 12.7. The van der Waals surface area contributed by atoms with E-state index in [-0.39, 0.29) is 11.1 Å². The van der Waals surface area contributed by atoms with E-state index in [2.05, 4.69) is 26.0 Å². The summed E-state index contributed by atoms with van der Waals surface area (Å²) in [7, 11) is 0. The Morgan fingerprint density at radius 1 is 1.50 bits per heavy atom. The zero-order valence-corrected chi connectivity index (χ0v) is 12.2. The van der Waals surface area contributed by atoms with Crippen LogP contribution in [-0.2, 0) is 11.3 Å². The van der Waals surface area contributed by atoms with E-state index in [0.717, 1.165) is 6.42 Å². The van der Waals surface area contributed by atoms with Gasteiger partial charge in [0.05, 0.1) is 6.54 Å². The van der Waals surface area contributed by atoms with E-state index in [1.54, 1.807) is 0 Å². The van der Waals surface area contributed by atoms with Crippen LogP contribution < -0.4 is 10.6 Å². The van der Waals surface area contributed by atoms with E-state index in [1.807, 2.05) is 6.92 Å². The van der Waals surface area contributed by atoms with Gasteiger partial charge in [-0.3, -0.25) is 15.4 Å². The number of aryl methyl sites for hydroxylation is 1. The first-order valence-corrected chi connectivity index (χ1v) is 6.34. The number of halogens is 3. The van der Waals surface area contributed by atoms with Crippen molar-refractivity contribution in [3.63, 3.8) is 0 Å². The number of hydrogen-bond acceptors (Lipinski definition) is 5. The molecule has 0 saturated carbocycles. The summed E-state index contributed by atoms with van der Waals surface area (Å²) >= 11 is 20.9. The highest BCUT2D eigenvalue weighted by Crippen LogP contribution is 2.25. The molecule has 0 fully saturated rings. The Balaban J connectivity index is 2.51. The molecule has 0 radical (unpaired) electrons. The molecule has 1 aromatic rings. The van der Waals surface area contributed by atoms with Gasteiger partial charge in [-0.25, -0.2) is 0 Å². The molecule has 1 heterocycles. The van der Waals surface area contributed by atoms with E-state index in [0.29, 0.717) is 6.54 Å². The highest BCUT2D eigenvalue weighted by molar-refractivity contribution is 7.80. The molecule has 11 heteroatoms. The fourth-order valence-electron chi connectivity index (χ4n) is 0.895. The highest BCUT2D eigenvalue weighted by Gasteiger charge is 2.31. The quantitative estimate of drug-likeness (QED) is 0.641. The molecule has 0 aliphatic rings. The third kappa shape index (κ3) is 4.89. The molecule has 0 atom stereocenters. The Bertz CT molecular complexity index is 445. The molecule has 0 saturated heterocycles. The summed E-state index contributed by atoms with van der Waals surface area (Å²) in [6.45, 7) is 2.60.